The summed E-state index contributed by atoms with van der Waals surface area (Å²) in [6.07, 6.45) is 4.19. The molecule has 2 amide bonds. The number of carbonyl (C=O) groups is 1. The molecule has 0 heterocycles. The van der Waals surface area contributed by atoms with Gasteiger partial charge in [0.2, 0.25) is 0 Å². The number of amides is 2. The van der Waals surface area contributed by atoms with Crippen molar-refractivity contribution in [1.82, 2.24) is 10.2 Å². The Morgan fingerprint density at radius 2 is 1.95 bits per heavy atom. The zero-order chi connectivity index (χ0) is 15.9. The van der Waals surface area contributed by atoms with E-state index in [4.69, 9.17) is 0 Å². The Hall–Kier alpha value is -1.75. The lowest BCUT2D eigenvalue weighted by Crippen LogP contribution is -2.52. The zero-order valence-corrected chi connectivity index (χ0v) is 13.2. The Morgan fingerprint density at radius 3 is 2.59 bits per heavy atom. The molecule has 1 aliphatic rings. The molecule has 0 radical (unpaired) electrons. The van der Waals surface area contributed by atoms with Gasteiger partial charge in [0.15, 0.2) is 0 Å². The third kappa shape index (κ3) is 4.37. The van der Waals surface area contributed by atoms with Crippen LogP contribution in [0.15, 0.2) is 24.3 Å². The van der Waals surface area contributed by atoms with Crippen LogP contribution in [0.1, 0.15) is 44.6 Å². The summed E-state index contributed by atoms with van der Waals surface area (Å²) < 4.78 is 0. The van der Waals surface area contributed by atoms with Gasteiger partial charge in [-0.05, 0) is 37.0 Å². The smallest absolute Gasteiger partial charge is 0.318 e. The molecule has 1 fully saturated rings. The maximum absolute atomic E-state index is 12.5. The second-order valence-electron chi connectivity index (χ2n) is 5.94. The fourth-order valence-corrected chi connectivity index (χ4v) is 3.01. The summed E-state index contributed by atoms with van der Waals surface area (Å²) in [5.41, 5.74) is 0.937. The molecular weight excluding hydrogens is 280 g/mol. The van der Waals surface area contributed by atoms with Crippen molar-refractivity contribution in [2.45, 2.75) is 57.7 Å². The summed E-state index contributed by atoms with van der Waals surface area (Å²) in [4.78, 5) is 14.3. The van der Waals surface area contributed by atoms with Gasteiger partial charge in [-0.3, -0.25) is 0 Å². The van der Waals surface area contributed by atoms with Crippen molar-refractivity contribution in [3.8, 4) is 5.75 Å². The lowest BCUT2D eigenvalue weighted by atomic mass is 9.91. The van der Waals surface area contributed by atoms with E-state index in [0.717, 1.165) is 37.7 Å². The van der Waals surface area contributed by atoms with Crippen molar-refractivity contribution >= 4 is 6.03 Å². The summed E-state index contributed by atoms with van der Waals surface area (Å²) in [6.45, 7) is 3.11. The maximum atomic E-state index is 12.5. The molecule has 2 atom stereocenters. The number of urea groups is 1. The molecule has 1 aliphatic carbocycles. The topological polar surface area (TPSA) is 72.8 Å². The van der Waals surface area contributed by atoms with E-state index in [2.05, 4.69) is 5.32 Å². The number of phenolic OH excluding ortho intramolecular Hbond substituents is 1. The van der Waals surface area contributed by atoms with Gasteiger partial charge in [-0.2, -0.15) is 0 Å². The number of nitrogens with one attached hydrogen (secondary N) is 1. The third-order valence-electron chi connectivity index (χ3n) is 4.20. The van der Waals surface area contributed by atoms with E-state index in [1.54, 1.807) is 29.2 Å². The highest BCUT2D eigenvalue weighted by Crippen LogP contribution is 2.23. The van der Waals surface area contributed by atoms with Crippen molar-refractivity contribution in [3.05, 3.63) is 29.8 Å². The summed E-state index contributed by atoms with van der Waals surface area (Å²) >= 11 is 0. The quantitative estimate of drug-likeness (QED) is 0.783. The first-order chi connectivity index (χ1) is 10.6. The van der Waals surface area contributed by atoms with Crippen LogP contribution < -0.4 is 5.32 Å². The van der Waals surface area contributed by atoms with E-state index in [-0.39, 0.29) is 17.8 Å². The molecule has 3 N–H and O–H groups in total. The largest absolute Gasteiger partial charge is 0.508 e. The predicted molar refractivity (Wildman–Crippen MR) is 85.6 cm³/mol. The number of rotatable bonds is 5. The van der Waals surface area contributed by atoms with Crippen molar-refractivity contribution in [2.24, 2.45) is 0 Å². The Bertz CT molecular complexity index is 475. The molecule has 0 bridgehead atoms. The van der Waals surface area contributed by atoms with E-state index in [9.17, 15) is 15.0 Å². The fourth-order valence-electron chi connectivity index (χ4n) is 3.01. The van der Waals surface area contributed by atoms with Crippen LogP contribution in [-0.2, 0) is 6.54 Å². The first kappa shape index (κ1) is 16.6. The molecule has 0 unspecified atom stereocenters. The van der Waals surface area contributed by atoms with Crippen LogP contribution >= 0.6 is 0 Å². The molecular formula is C17H26N2O3. The molecule has 0 aromatic heterocycles. The monoisotopic (exact) mass is 306 g/mol. The molecule has 0 aliphatic heterocycles. The molecule has 1 aromatic rings. The lowest BCUT2D eigenvalue weighted by molar-refractivity contribution is 0.0365. The summed E-state index contributed by atoms with van der Waals surface area (Å²) in [5, 5.41) is 22.4. The minimum Gasteiger partial charge on any atom is -0.508 e. The second kappa shape index (κ2) is 8.03. The van der Waals surface area contributed by atoms with Crippen molar-refractivity contribution < 1.29 is 15.0 Å². The van der Waals surface area contributed by atoms with Gasteiger partial charge < -0.3 is 20.4 Å². The number of hydrogen-bond donors (Lipinski definition) is 3. The highest BCUT2D eigenvalue weighted by molar-refractivity contribution is 5.74. The Kier molecular flexibility index (Phi) is 6.07. The normalized spacial score (nSPS) is 21.4. The van der Waals surface area contributed by atoms with Crippen molar-refractivity contribution in [3.63, 3.8) is 0 Å². The van der Waals surface area contributed by atoms with Crippen LogP contribution in [0.4, 0.5) is 4.79 Å². The predicted octanol–water partition coefficient (Wildman–Crippen LogP) is 2.62. The SMILES string of the molecule is CCCN(C(=O)NCc1ccc(O)cc1)[C@@H]1CCCC[C@H]1O. The standard InChI is InChI=1S/C17H26N2O3/c1-2-11-19(15-5-3-4-6-16(15)21)17(22)18-12-13-7-9-14(20)10-8-13/h7-10,15-16,20-21H,2-6,11-12H2,1H3,(H,18,22)/t15-,16-/m1/s1. The highest BCUT2D eigenvalue weighted by Gasteiger charge is 2.31. The van der Waals surface area contributed by atoms with Crippen LogP contribution in [0.25, 0.3) is 0 Å². The van der Waals surface area contributed by atoms with Gasteiger partial charge in [0.05, 0.1) is 12.1 Å². The number of aliphatic hydroxyl groups is 1. The van der Waals surface area contributed by atoms with Gasteiger partial charge >= 0.3 is 6.03 Å². The molecule has 122 valence electrons. The molecule has 1 saturated carbocycles. The minimum absolute atomic E-state index is 0.0754. The molecule has 5 nitrogen and oxygen atoms in total. The number of phenols is 1. The van der Waals surface area contributed by atoms with Crippen LogP contribution in [0.2, 0.25) is 0 Å². The number of nitrogens with zero attached hydrogens (tertiary/aromatic N) is 1. The van der Waals surface area contributed by atoms with Gasteiger partial charge in [-0.15, -0.1) is 0 Å². The average molecular weight is 306 g/mol. The number of benzene rings is 1. The number of hydrogen-bond acceptors (Lipinski definition) is 3. The van der Waals surface area contributed by atoms with Crippen molar-refractivity contribution in [1.29, 1.82) is 0 Å². The molecule has 2 rings (SSSR count). The van der Waals surface area contributed by atoms with E-state index < -0.39 is 6.10 Å². The lowest BCUT2D eigenvalue weighted by Gasteiger charge is -2.37. The number of aliphatic hydroxyl groups excluding tert-OH is 1. The number of aromatic hydroxyl groups is 1. The van der Waals surface area contributed by atoms with Crippen LogP contribution in [0, 0.1) is 0 Å². The van der Waals surface area contributed by atoms with Gasteiger partial charge in [0, 0.05) is 13.1 Å². The summed E-state index contributed by atoms with van der Waals surface area (Å²) in [6, 6.07) is 6.59. The third-order valence-corrected chi connectivity index (χ3v) is 4.20. The van der Waals surface area contributed by atoms with Crippen LogP contribution in [-0.4, -0.2) is 39.8 Å². The number of carbonyl (C=O) groups excluding carboxylic acids is 1. The zero-order valence-electron chi connectivity index (χ0n) is 13.2. The summed E-state index contributed by atoms with van der Waals surface area (Å²) in [5.74, 6) is 0.216. The fraction of sp³-hybridized carbons (Fsp3) is 0.588. The molecule has 22 heavy (non-hydrogen) atoms. The average Bonchev–Trinajstić information content (AvgIpc) is 2.53. The van der Waals surface area contributed by atoms with Crippen LogP contribution in [0.3, 0.4) is 0 Å². The Balaban J connectivity index is 1.95. The maximum Gasteiger partial charge on any atom is 0.318 e. The van der Waals surface area contributed by atoms with E-state index >= 15 is 0 Å². The molecule has 1 aromatic carbocycles. The van der Waals surface area contributed by atoms with E-state index in [0.29, 0.717) is 13.1 Å². The van der Waals surface area contributed by atoms with Crippen LogP contribution in [0.5, 0.6) is 5.75 Å². The molecule has 0 spiro atoms. The second-order valence-corrected chi connectivity index (χ2v) is 5.94. The Morgan fingerprint density at radius 1 is 1.27 bits per heavy atom. The van der Waals surface area contributed by atoms with E-state index in [1.807, 2.05) is 6.92 Å². The van der Waals surface area contributed by atoms with Gasteiger partial charge in [0.1, 0.15) is 5.75 Å². The molecule has 0 saturated heterocycles. The van der Waals surface area contributed by atoms with Crippen molar-refractivity contribution in [2.75, 3.05) is 6.54 Å². The first-order valence-electron chi connectivity index (χ1n) is 8.12. The highest BCUT2D eigenvalue weighted by atomic mass is 16.3. The Labute approximate surface area is 131 Å². The summed E-state index contributed by atoms with van der Waals surface area (Å²) in [7, 11) is 0. The van der Waals surface area contributed by atoms with Gasteiger partial charge in [-0.1, -0.05) is 31.9 Å². The molecule has 5 heteroatoms. The first-order valence-corrected chi connectivity index (χ1v) is 8.12. The van der Waals surface area contributed by atoms with Gasteiger partial charge in [-0.25, -0.2) is 4.79 Å². The minimum atomic E-state index is -0.417. The van der Waals surface area contributed by atoms with Gasteiger partial charge in [0.25, 0.3) is 0 Å². The van der Waals surface area contributed by atoms with E-state index in [1.165, 1.54) is 0 Å².